The van der Waals surface area contributed by atoms with Crippen LogP contribution < -0.4 is 5.46 Å². The van der Waals surface area contributed by atoms with Gasteiger partial charge in [-0.15, -0.1) is 11.8 Å². The quantitative estimate of drug-likeness (QED) is 0.657. The van der Waals surface area contributed by atoms with Gasteiger partial charge >= 0.3 is 7.48 Å². The average molecular weight is 272 g/mol. The Hall–Kier alpha value is -0.705. The fourth-order valence-corrected chi connectivity index (χ4v) is 4.90. The molecule has 4 atom stereocenters. The zero-order valence-corrected chi connectivity index (χ0v) is 12.2. The van der Waals surface area contributed by atoms with E-state index in [0.29, 0.717) is 22.6 Å². The second-order valence-electron chi connectivity index (χ2n) is 5.50. The number of rotatable bonds is 2. The van der Waals surface area contributed by atoms with E-state index in [9.17, 15) is 0 Å². The molecule has 3 rings (SSSR count). The van der Waals surface area contributed by atoms with Gasteiger partial charge < -0.3 is 5.02 Å². The Labute approximate surface area is 120 Å². The maximum Gasteiger partial charge on any atom is 0.326 e. The van der Waals surface area contributed by atoms with Crippen molar-refractivity contribution in [3.8, 4) is 0 Å². The van der Waals surface area contributed by atoms with Gasteiger partial charge in [0.25, 0.3) is 0 Å². The molecule has 1 aliphatic carbocycles. The standard InChI is InChI=1S/C15H19BNOS/c1-10-4-3-5-13-14(10)19-15(17(13)2)11-6-8-12(16-18)9-7-11/h3-4,6-10,13-15,18H,5H2,1-2H3/t10?,13?,14?,15-/m1/s1. The monoisotopic (exact) mass is 272 g/mol. The molecule has 1 aromatic carbocycles. The molecule has 0 amide bonds. The molecule has 4 heteroatoms. The summed E-state index contributed by atoms with van der Waals surface area (Å²) >= 11 is 2.08. The van der Waals surface area contributed by atoms with Crippen LogP contribution in [0.2, 0.25) is 0 Å². The van der Waals surface area contributed by atoms with E-state index in [-0.39, 0.29) is 0 Å². The van der Waals surface area contributed by atoms with E-state index in [1.807, 2.05) is 12.1 Å². The average Bonchev–Trinajstić information content (AvgIpc) is 2.78. The first-order valence-electron chi connectivity index (χ1n) is 6.82. The minimum Gasteiger partial charge on any atom is -0.450 e. The van der Waals surface area contributed by atoms with E-state index in [1.165, 1.54) is 5.56 Å². The molecule has 0 aromatic heterocycles. The lowest BCUT2D eigenvalue weighted by Crippen LogP contribution is -2.36. The fourth-order valence-electron chi connectivity index (χ4n) is 3.12. The number of hydrogen-bond donors (Lipinski definition) is 1. The third-order valence-corrected chi connectivity index (χ3v) is 6.18. The molecule has 19 heavy (non-hydrogen) atoms. The molecule has 0 bridgehead atoms. The van der Waals surface area contributed by atoms with Crippen molar-refractivity contribution in [1.82, 2.24) is 4.90 Å². The lowest BCUT2D eigenvalue weighted by atomic mass is 9.88. The lowest BCUT2D eigenvalue weighted by Gasteiger charge is -2.30. The summed E-state index contributed by atoms with van der Waals surface area (Å²) in [7, 11) is 3.39. The van der Waals surface area contributed by atoms with Gasteiger partial charge in [0.1, 0.15) is 0 Å². The van der Waals surface area contributed by atoms with Crippen LogP contribution in [0.4, 0.5) is 0 Å². The molecule has 1 heterocycles. The summed E-state index contributed by atoms with van der Waals surface area (Å²) in [4.78, 5) is 2.51. The van der Waals surface area contributed by atoms with Crippen LogP contribution in [-0.2, 0) is 0 Å². The van der Waals surface area contributed by atoms with Gasteiger partial charge in [-0.25, -0.2) is 0 Å². The van der Waals surface area contributed by atoms with E-state index in [1.54, 1.807) is 0 Å². The van der Waals surface area contributed by atoms with Crippen molar-refractivity contribution in [2.24, 2.45) is 5.92 Å². The highest BCUT2D eigenvalue weighted by atomic mass is 32.2. The molecule has 1 N–H and O–H groups in total. The first-order valence-corrected chi connectivity index (χ1v) is 7.76. The number of fused-ring (bicyclic) bond motifs is 1. The molecule has 2 nitrogen and oxygen atoms in total. The first kappa shape index (κ1) is 13.3. The van der Waals surface area contributed by atoms with Crippen LogP contribution in [-0.4, -0.2) is 35.7 Å². The maximum atomic E-state index is 9.00. The zero-order chi connectivity index (χ0) is 13.4. The minimum atomic E-state index is 0.435. The van der Waals surface area contributed by atoms with Crippen molar-refractivity contribution in [2.45, 2.75) is 30.0 Å². The summed E-state index contributed by atoms with van der Waals surface area (Å²) in [5.74, 6) is 0.654. The third kappa shape index (κ3) is 2.37. The van der Waals surface area contributed by atoms with E-state index >= 15 is 0 Å². The van der Waals surface area contributed by atoms with Crippen LogP contribution in [0.15, 0.2) is 36.4 Å². The van der Waals surface area contributed by atoms with Crippen molar-refractivity contribution in [1.29, 1.82) is 0 Å². The predicted octanol–water partition coefficient (Wildman–Crippen LogP) is 1.93. The molecular weight excluding hydrogens is 253 g/mol. The van der Waals surface area contributed by atoms with Gasteiger partial charge in [0.15, 0.2) is 0 Å². The van der Waals surface area contributed by atoms with Crippen molar-refractivity contribution in [3.05, 3.63) is 42.0 Å². The van der Waals surface area contributed by atoms with Crippen LogP contribution in [0, 0.1) is 5.92 Å². The molecule has 99 valence electrons. The number of nitrogens with zero attached hydrogens (tertiary/aromatic N) is 1. The van der Waals surface area contributed by atoms with Crippen LogP contribution in [0.3, 0.4) is 0 Å². The molecule has 1 fully saturated rings. The van der Waals surface area contributed by atoms with Crippen molar-refractivity contribution in [2.75, 3.05) is 7.05 Å². The van der Waals surface area contributed by atoms with E-state index < -0.39 is 0 Å². The Kier molecular flexibility index (Phi) is 3.74. The van der Waals surface area contributed by atoms with E-state index in [0.717, 1.165) is 19.4 Å². The van der Waals surface area contributed by atoms with Crippen molar-refractivity contribution >= 4 is 24.7 Å². The molecule has 0 spiro atoms. The van der Waals surface area contributed by atoms with Crippen LogP contribution in [0.5, 0.6) is 0 Å². The van der Waals surface area contributed by atoms with Crippen LogP contribution in [0.25, 0.3) is 0 Å². The lowest BCUT2D eigenvalue weighted by molar-refractivity contribution is 0.231. The Morgan fingerprint density at radius 2 is 2.05 bits per heavy atom. The van der Waals surface area contributed by atoms with Crippen molar-refractivity contribution in [3.63, 3.8) is 0 Å². The topological polar surface area (TPSA) is 23.5 Å². The molecule has 2 aliphatic rings. The normalized spacial score (nSPS) is 34.3. The number of benzene rings is 1. The van der Waals surface area contributed by atoms with Gasteiger partial charge in [0.2, 0.25) is 0 Å². The maximum absolute atomic E-state index is 9.00. The highest BCUT2D eigenvalue weighted by molar-refractivity contribution is 8.00. The molecule has 1 aliphatic heterocycles. The predicted molar refractivity (Wildman–Crippen MR) is 82.6 cm³/mol. The molecular formula is C15H19BNOS. The van der Waals surface area contributed by atoms with Crippen molar-refractivity contribution < 1.29 is 5.02 Å². The zero-order valence-electron chi connectivity index (χ0n) is 11.4. The second kappa shape index (κ2) is 5.35. The number of hydrogen-bond acceptors (Lipinski definition) is 3. The first-order chi connectivity index (χ1) is 9.20. The van der Waals surface area contributed by atoms with Gasteiger partial charge in [-0.2, -0.15) is 0 Å². The Morgan fingerprint density at radius 1 is 1.32 bits per heavy atom. The summed E-state index contributed by atoms with van der Waals surface area (Å²) in [5.41, 5.74) is 2.20. The van der Waals surface area contributed by atoms with Gasteiger partial charge in [-0.05, 0) is 24.9 Å². The summed E-state index contributed by atoms with van der Waals surface area (Å²) < 4.78 is 0. The number of thioether (sulfide) groups is 1. The molecule has 3 unspecified atom stereocenters. The Morgan fingerprint density at radius 3 is 2.68 bits per heavy atom. The number of allylic oxidation sites excluding steroid dienone is 1. The second-order valence-corrected chi connectivity index (χ2v) is 6.77. The molecule has 1 aromatic rings. The van der Waals surface area contributed by atoms with E-state index in [2.05, 4.69) is 54.9 Å². The van der Waals surface area contributed by atoms with Gasteiger partial charge in [0, 0.05) is 11.3 Å². The SMILES string of the molecule is CC1C=CCC2C1S[C@H](c1ccc([B]O)cc1)N2C. The Balaban J connectivity index is 1.82. The summed E-state index contributed by atoms with van der Waals surface area (Å²) in [6.45, 7) is 2.32. The molecule has 1 saturated heterocycles. The van der Waals surface area contributed by atoms with Crippen LogP contribution >= 0.6 is 11.8 Å². The van der Waals surface area contributed by atoms with Gasteiger partial charge in [0.05, 0.1) is 5.37 Å². The molecule has 0 saturated carbocycles. The van der Waals surface area contributed by atoms with Gasteiger partial charge in [-0.1, -0.05) is 48.8 Å². The highest BCUT2D eigenvalue weighted by Gasteiger charge is 2.42. The fraction of sp³-hybridized carbons (Fsp3) is 0.467. The highest BCUT2D eigenvalue weighted by Crippen LogP contribution is 2.49. The molecule has 1 radical (unpaired) electrons. The van der Waals surface area contributed by atoms with E-state index in [4.69, 9.17) is 5.02 Å². The smallest absolute Gasteiger partial charge is 0.326 e. The summed E-state index contributed by atoms with van der Waals surface area (Å²) in [5, 5.41) is 10.1. The minimum absolute atomic E-state index is 0.435. The van der Waals surface area contributed by atoms with Crippen LogP contribution in [0.1, 0.15) is 24.3 Å². The Bertz CT molecular complexity index is 476. The largest absolute Gasteiger partial charge is 0.450 e. The summed E-state index contributed by atoms with van der Waals surface area (Å²) in [6.07, 6.45) is 5.85. The van der Waals surface area contributed by atoms with Gasteiger partial charge in [-0.3, -0.25) is 4.90 Å². The summed E-state index contributed by atoms with van der Waals surface area (Å²) in [6, 6.07) is 8.87. The third-order valence-electron chi connectivity index (χ3n) is 4.26.